The zero-order valence-corrected chi connectivity index (χ0v) is 15.3. The number of nitrogens with one attached hydrogen (secondary N) is 1. The van der Waals surface area contributed by atoms with E-state index < -0.39 is 23.5 Å². The van der Waals surface area contributed by atoms with Crippen LogP contribution in [0.3, 0.4) is 0 Å². The van der Waals surface area contributed by atoms with E-state index in [-0.39, 0.29) is 5.92 Å². The summed E-state index contributed by atoms with van der Waals surface area (Å²) in [6.07, 6.45) is 0.684. The molecule has 2 aromatic rings. The van der Waals surface area contributed by atoms with E-state index >= 15 is 0 Å². The van der Waals surface area contributed by atoms with Gasteiger partial charge >= 0.3 is 5.97 Å². The molecule has 1 aliphatic heterocycles. The summed E-state index contributed by atoms with van der Waals surface area (Å²) in [6, 6.07) is 15.7. The minimum absolute atomic E-state index is 0.303. The number of para-hydroxylation sites is 1. The van der Waals surface area contributed by atoms with Gasteiger partial charge in [0.25, 0.3) is 5.91 Å². The molecule has 0 radical (unpaired) electrons. The molecule has 0 aromatic heterocycles. The summed E-state index contributed by atoms with van der Waals surface area (Å²) in [5.74, 6) is -0.822. The zero-order valence-electron chi connectivity index (χ0n) is 15.3. The van der Waals surface area contributed by atoms with Crippen LogP contribution in [-0.2, 0) is 20.7 Å². The van der Waals surface area contributed by atoms with Gasteiger partial charge in [-0.3, -0.25) is 4.79 Å². The normalized spacial score (nSPS) is 24.3. The van der Waals surface area contributed by atoms with Gasteiger partial charge in [-0.15, -0.1) is 0 Å². The number of benzene rings is 2. The van der Waals surface area contributed by atoms with E-state index in [0.29, 0.717) is 29.9 Å². The first-order valence-corrected chi connectivity index (χ1v) is 9.02. The SMILES string of the molecule is COC(=O)[C@H](Cc1ccccc1)NC(=O)[C@@]12C[C@@H]1/C(=N/O)c1ccccc1O2. The van der Waals surface area contributed by atoms with Crippen molar-refractivity contribution in [2.75, 3.05) is 7.11 Å². The van der Waals surface area contributed by atoms with Crippen molar-refractivity contribution >= 4 is 17.6 Å². The third-order valence-electron chi connectivity index (χ3n) is 5.26. The second-order valence-corrected chi connectivity index (χ2v) is 6.97. The second-order valence-electron chi connectivity index (χ2n) is 6.97. The molecular formula is C21H20N2O5. The molecule has 2 aromatic carbocycles. The van der Waals surface area contributed by atoms with Crippen LogP contribution in [0.1, 0.15) is 17.5 Å². The topological polar surface area (TPSA) is 97.2 Å². The van der Waals surface area contributed by atoms with Crippen molar-refractivity contribution in [3.8, 4) is 5.75 Å². The third-order valence-corrected chi connectivity index (χ3v) is 5.26. The highest BCUT2D eigenvalue weighted by Gasteiger charge is 2.68. The van der Waals surface area contributed by atoms with Crippen molar-refractivity contribution in [3.63, 3.8) is 0 Å². The number of carbonyl (C=O) groups excluding carboxylic acids is 2. The maximum absolute atomic E-state index is 13.1. The van der Waals surface area contributed by atoms with Gasteiger partial charge in [0, 0.05) is 18.4 Å². The molecule has 4 rings (SSSR count). The van der Waals surface area contributed by atoms with E-state index in [1.165, 1.54) is 7.11 Å². The number of carbonyl (C=O) groups is 2. The summed E-state index contributed by atoms with van der Waals surface area (Å²) in [6.45, 7) is 0. The van der Waals surface area contributed by atoms with Crippen LogP contribution in [0.15, 0.2) is 59.8 Å². The molecule has 3 atom stereocenters. The molecule has 0 spiro atoms. The molecule has 7 heteroatoms. The van der Waals surface area contributed by atoms with Gasteiger partial charge in [0.15, 0.2) is 5.60 Å². The Bertz CT molecular complexity index is 943. The molecule has 1 saturated carbocycles. The molecule has 7 nitrogen and oxygen atoms in total. The quantitative estimate of drug-likeness (QED) is 0.469. The number of oxime groups is 1. The smallest absolute Gasteiger partial charge is 0.328 e. The summed E-state index contributed by atoms with van der Waals surface area (Å²) in [5.41, 5.74) is 0.828. The molecule has 144 valence electrons. The standard InChI is InChI=1S/C21H20N2O5/c1-27-19(24)16(11-13-7-3-2-4-8-13)22-20(25)21-12-15(21)18(23-26)14-9-5-6-10-17(14)28-21/h2-10,15-16,26H,11-12H2,1H3,(H,22,25)/b23-18+/t15-,16+,21-/m1/s1. The summed E-state index contributed by atoms with van der Waals surface area (Å²) in [5, 5.41) is 15.6. The minimum atomic E-state index is -1.17. The third kappa shape index (κ3) is 2.98. The Kier molecular flexibility index (Phi) is 4.50. The van der Waals surface area contributed by atoms with E-state index in [9.17, 15) is 14.8 Å². The number of amides is 1. The van der Waals surface area contributed by atoms with Crippen LogP contribution >= 0.6 is 0 Å². The number of hydrogen-bond acceptors (Lipinski definition) is 6. The fraction of sp³-hybridized carbons (Fsp3) is 0.286. The molecule has 0 unspecified atom stereocenters. The maximum Gasteiger partial charge on any atom is 0.328 e. The molecule has 0 saturated heterocycles. The van der Waals surface area contributed by atoms with E-state index in [1.54, 1.807) is 18.2 Å². The second kappa shape index (κ2) is 6.99. The van der Waals surface area contributed by atoms with Gasteiger partial charge in [-0.2, -0.15) is 0 Å². The van der Waals surface area contributed by atoms with Crippen LogP contribution in [0.2, 0.25) is 0 Å². The first-order valence-electron chi connectivity index (χ1n) is 9.02. The zero-order chi connectivity index (χ0) is 19.7. The maximum atomic E-state index is 13.1. The molecule has 1 fully saturated rings. The van der Waals surface area contributed by atoms with Crippen LogP contribution in [0.4, 0.5) is 0 Å². The minimum Gasteiger partial charge on any atom is -0.476 e. The number of nitrogens with zero attached hydrogens (tertiary/aromatic N) is 1. The van der Waals surface area contributed by atoms with Crippen molar-refractivity contribution in [1.82, 2.24) is 5.32 Å². The van der Waals surface area contributed by atoms with Crippen LogP contribution in [-0.4, -0.2) is 41.5 Å². The number of hydrogen-bond donors (Lipinski definition) is 2. The molecule has 28 heavy (non-hydrogen) atoms. The molecular weight excluding hydrogens is 360 g/mol. The Hall–Kier alpha value is -3.35. The lowest BCUT2D eigenvalue weighted by Gasteiger charge is -2.27. The predicted octanol–water partition coefficient (Wildman–Crippen LogP) is 1.92. The molecule has 0 bridgehead atoms. The number of esters is 1. The summed E-state index contributed by atoms with van der Waals surface area (Å²) < 4.78 is 10.9. The van der Waals surface area contributed by atoms with Crippen molar-refractivity contribution in [2.45, 2.75) is 24.5 Å². The Morgan fingerprint density at radius 1 is 1.25 bits per heavy atom. The Morgan fingerprint density at radius 2 is 1.96 bits per heavy atom. The van der Waals surface area contributed by atoms with Gasteiger partial charge in [-0.1, -0.05) is 47.6 Å². The highest BCUT2D eigenvalue weighted by atomic mass is 16.5. The molecule has 1 aliphatic carbocycles. The lowest BCUT2D eigenvalue weighted by atomic mass is 9.99. The van der Waals surface area contributed by atoms with Crippen molar-refractivity contribution < 1.29 is 24.3 Å². The number of ether oxygens (including phenoxy) is 2. The van der Waals surface area contributed by atoms with Crippen LogP contribution in [0.5, 0.6) is 5.75 Å². The first kappa shape index (κ1) is 18.0. The number of methoxy groups -OCH3 is 1. The molecule has 2 aliphatic rings. The van der Waals surface area contributed by atoms with Gasteiger partial charge < -0.3 is 20.0 Å². The van der Waals surface area contributed by atoms with Gasteiger partial charge in [0.2, 0.25) is 0 Å². The van der Waals surface area contributed by atoms with Crippen LogP contribution in [0.25, 0.3) is 0 Å². The Labute approximate surface area is 162 Å². The van der Waals surface area contributed by atoms with Crippen molar-refractivity contribution in [3.05, 3.63) is 65.7 Å². The van der Waals surface area contributed by atoms with Crippen molar-refractivity contribution in [1.29, 1.82) is 0 Å². The lowest BCUT2D eigenvalue weighted by molar-refractivity contribution is -0.146. The van der Waals surface area contributed by atoms with E-state index in [1.807, 2.05) is 36.4 Å². The largest absolute Gasteiger partial charge is 0.476 e. The predicted molar refractivity (Wildman–Crippen MR) is 100 cm³/mol. The number of rotatable bonds is 5. The van der Waals surface area contributed by atoms with E-state index in [4.69, 9.17) is 9.47 Å². The number of fused-ring (bicyclic) bond motifs is 2. The first-order chi connectivity index (χ1) is 13.6. The lowest BCUT2D eigenvalue weighted by Crippen LogP contribution is -2.52. The van der Waals surface area contributed by atoms with E-state index in [2.05, 4.69) is 10.5 Å². The highest BCUT2D eigenvalue weighted by molar-refractivity contribution is 6.13. The van der Waals surface area contributed by atoms with Crippen LogP contribution in [0, 0.1) is 5.92 Å². The van der Waals surface area contributed by atoms with Crippen LogP contribution < -0.4 is 10.1 Å². The van der Waals surface area contributed by atoms with Crippen molar-refractivity contribution in [2.24, 2.45) is 11.1 Å². The van der Waals surface area contributed by atoms with E-state index in [0.717, 1.165) is 5.56 Å². The average Bonchev–Trinajstić information content (AvgIpc) is 3.47. The summed E-state index contributed by atoms with van der Waals surface area (Å²) in [7, 11) is 1.29. The van der Waals surface area contributed by atoms with Gasteiger partial charge in [0.1, 0.15) is 11.8 Å². The summed E-state index contributed by atoms with van der Waals surface area (Å²) in [4.78, 5) is 25.3. The fourth-order valence-corrected chi connectivity index (χ4v) is 3.71. The highest BCUT2D eigenvalue weighted by Crippen LogP contribution is 2.54. The molecule has 1 heterocycles. The fourth-order valence-electron chi connectivity index (χ4n) is 3.71. The van der Waals surface area contributed by atoms with Gasteiger partial charge in [-0.25, -0.2) is 4.79 Å². The average molecular weight is 380 g/mol. The summed E-state index contributed by atoms with van der Waals surface area (Å²) >= 11 is 0. The Morgan fingerprint density at radius 3 is 2.68 bits per heavy atom. The van der Waals surface area contributed by atoms with Gasteiger partial charge in [-0.05, 0) is 17.7 Å². The van der Waals surface area contributed by atoms with Gasteiger partial charge in [0.05, 0.1) is 18.7 Å². The monoisotopic (exact) mass is 380 g/mol. The molecule has 2 N–H and O–H groups in total. The molecule has 1 amide bonds. The Balaban J connectivity index is 1.56.